The van der Waals surface area contributed by atoms with Crippen LogP contribution in [0.4, 0.5) is 5.69 Å². The minimum atomic E-state index is 0.0775. The summed E-state index contributed by atoms with van der Waals surface area (Å²) in [4.78, 5) is 15.3. The molecule has 2 heterocycles. The maximum atomic E-state index is 13.3. The van der Waals surface area contributed by atoms with Gasteiger partial charge < -0.3 is 20.9 Å². The number of nitrogens with zero attached hydrogens (tertiary/aromatic N) is 2. The van der Waals surface area contributed by atoms with Gasteiger partial charge in [0.15, 0.2) is 0 Å². The fraction of sp³-hybridized carbons (Fsp3) is 0.571. The number of likely N-dealkylation sites (tertiary alicyclic amines) is 1. The van der Waals surface area contributed by atoms with Crippen LogP contribution in [-0.2, 0) is 6.54 Å². The van der Waals surface area contributed by atoms with E-state index in [0.29, 0.717) is 23.2 Å². The maximum absolute atomic E-state index is 13.3. The standard InChI is InChI=1S/C21H32N4O/c1-15(2)8-14-25-18-6-4-3-5-17(18)19(23)20(25)21(26)24-12-9-16(7-11-22)10-13-24/h3-6,15-16H,7-14,22-23H2,1-2H3. The number of para-hydroxylation sites is 1. The Morgan fingerprint density at radius 2 is 1.92 bits per heavy atom. The minimum Gasteiger partial charge on any atom is -0.396 e. The van der Waals surface area contributed by atoms with Crippen LogP contribution in [0.3, 0.4) is 0 Å². The number of amides is 1. The van der Waals surface area contributed by atoms with Crippen molar-refractivity contribution in [3.8, 4) is 0 Å². The van der Waals surface area contributed by atoms with Crippen LogP contribution in [-0.4, -0.2) is 35.0 Å². The number of hydrogen-bond acceptors (Lipinski definition) is 3. The molecule has 5 heteroatoms. The minimum absolute atomic E-state index is 0.0775. The van der Waals surface area contributed by atoms with Crippen LogP contribution in [0.25, 0.3) is 10.9 Å². The topological polar surface area (TPSA) is 77.3 Å². The van der Waals surface area contributed by atoms with Gasteiger partial charge in [0, 0.05) is 25.0 Å². The van der Waals surface area contributed by atoms with E-state index in [0.717, 1.165) is 62.8 Å². The number of anilines is 1. The number of hydrogen-bond donors (Lipinski definition) is 2. The second-order valence-corrected chi connectivity index (χ2v) is 7.93. The summed E-state index contributed by atoms with van der Waals surface area (Å²) < 4.78 is 2.14. The van der Waals surface area contributed by atoms with E-state index in [1.165, 1.54) is 0 Å². The van der Waals surface area contributed by atoms with Crippen molar-refractivity contribution in [3.05, 3.63) is 30.0 Å². The van der Waals surface area contributed by atoms with Crippen molar-refractivity contribution in [1.82, 2.24) is 9.47 Å². The summed E-state index contributed by atoms with van der Waals surface area (Å²) >= 11 is 0. The molecule has 1 aromatic carbocycles. The molecule has 1 saturated heterocycles. The van der Waals surface area contributed by atoms with Crippen LogP contribution in [0.2, 0.25) is 0 Å². The summed E-state index contributed by atoms with van der Waals surface area (Å²) in [6.07, 6.45) is 4.15. The van der Waals surface area contributed by atoms with Gasteiger partial charge in [-0.25, -0.2) is 0 Å². The van der Waals surface area contributed by atoms with E-state index in [1.54, 1.807) is 0 Å². The molecule has 3 rings (SSSR count). The van der Waals surface area contributed by atoms with Gasteiger partial charge in [-0.2, -0.15) is 0 Å². The van der Waals surface area contributed by atoms with E-state index in [9.17, 15) is 4.79 Å². The SMILES string of the molecule is CC(C)CCn1c(C(=O)N2CCC(CCN)CC2)c(N)c2ccccc21. The van der Waals surface area contributed by atoms with Crippen molar-refractivity contribution in [2.45, 2.75) is 46.1 Å². The molecule has 0 unspecified atom stereocenters. The van der Waals surface area contributed by atoms with Gasteiger partial charge in [-0.3, -0.25) is 4.79 Å². The van der Waals surface area contributed by atoms with Gasteiger partial charge in [0.05, 0.1) is 11.2 Å². The summed E-state index contributed by atoms with van der Waals surface area (Å²) in [7, 11) is 0. The molecule has 26 heavy (non-hydrogen) atoms. The third-order valence-electron chi connectivity index (χ3n) is 5.62. The zero-order valence-electron chi connectivity index (χ0n) is 16.1. The van der Waals surface area contributed by atoms with Gasteiger partial charge >= 0.3 is 0 Å². The number of aryl methyl sites for hydroxylation is 1. The Kier molecular flexibility index (Phi) is 5.87. The lowest BCUT2D eigenvalue weighted by molar-refractivity contribution is 0.0678. The number of fused-ring (bicyclic) bond motifs is 1. The van der Waals surface area contributed by atoms with Gasteiger partial charge in [0.25, 0.3) is 5.91 Å². The monoisotopic (exact) mass is 356 g/mol. The van der Waals surface area contributed by atoms with Crippen molar-refractivity contribution in [1.29, 1.82) is 0 Å². The molecule has 0 aliphatic carbocycles. The van der Waals surface area contributed by atoms with Crippen LogP contribution < -0.4 is 11.5 Å². The van der Waals surface area contributed by atoms with Crippen LogP contribution in [0, 0.1) is 11.8 Å². The first-order valence-electron chi connectivity index (χ1n) is 9.89. The highest BCUT2D eigenvalue weighted by atomic mass is 16.2. The summed E-state index contributed by atoms with van der Waals surface area (Å²) in [5.74, 6) is 1.30. The van der Waals surface area contributed by atoms with Crippen LogP contribution in [0.15, 0.2) is 24.3 Å². The lowest BCUT2D eigenvalue weighted by atomic mass is 9.93. The Labute approximate surface area is 156 Å². The van der Waals surface area contributed by atoms with Crippen molar-refractivity contribution >= 4 is 22.5 Å². The molecule has 2 aromatic rings. The largest absolute Gasteiger partial charge is 0.396 e. The van der Waals surface area contributed by atoms with Crippen LogP contribution in [0.1, 0.15) is 50.0 Å². The van der Waals surface area contributed by atoms with Crippen molar-refractivity contribution in [3.63, 3.8) is 0 Å². The number of benzene rings is 1. The Balaban J connectivity index is 1.89. The molecule has 1 aliphatic rings. The number of rotatable bonds is 6. The predicted molar refractivity (Wildman–Crippen MR) is 108 cm³/mol. The maximum Gasteiger partial charge on any atom is 0.272 e. The van der Waals surface area contributed by atoms with E-state index in [-0.39, 0.29) is 5.91 Å². The molecule has 1 amide bonds. The number of nitrogen functional groups attached to an aromatic ring is 1. The first-order chi connectivity index (χ1) is 12.5. The van der Waals surface area contributed by atoms with Crippen molar-refractivity contribution in [2.24, 2.45) is 17.6 Å². The smallest absolute Gasteiger partial charge is 0.272 e. The first kappa shape index (κ1) is 18.8. The fourth-order valence-corrected chi connectivity index (χ4v) is 3.99. The zero-order chi connectivity index (χ0) is 18.7. The molecule has 0 spiro atoms. The first-order valence-corrected chi connectivity index (χ1v) is 9.89. The second kappa shape index (κ2) is 8.12. The van der Waals surface area contributed by atoms with Gasteiger partial charge in [-0.05, 0) is 50.1 Å². The zero-order valence-corrected chi connectivity index (χ0v) is 16.1. The molecule has 0 saturated carbocycles. The summed E-state index contributed by atoms with van der Waals surface area (Å²) in [6.45, 7) is 7.57. The molecule has 1 aliphatic heterocycles. The molecule has 0 atom stereocenters. The summed E-state index contributed by atoms with van der Waals surface area (Å²) in [5, 5.41) is 0.984. The molecular weight excluding hydrogens is 324 g/mol. The van der Waals surface area contributed by atoms with Crippen LogP contribution in [0.5, 0.6) is 0 Å². The summed E-state index contributed by atoms with van der Waals surface area (Å²) in [6, 6.07) is 8.08. The average molecular weight is 357 g/mol. The lowest BCUT2D eigenvalue weighted by Gasteiger charge is -2.32. The molecule has 0 bridgehead atoms. The van der Waals surface area contributed by atoms with Crippen molar-refractivity contribution in [2.75, 3.05) is 25.4 Å². The van der Waals surface area contributed by atoms with Gasteiger partial charge in [-0.1, -0.05) is 32.0 Å². The highest BCUT2D eigenvalue weighted by Gasteiger charge is 2.28. The van der Waals surface area contributed by atoms with Gasteiger partial charge in [0.1, 0.15) is 5.69 Å². The highest BCUT2D eigenvalue weighted by molar-refractivity contribution is 6.08. The lowest BCUT2D eigenvalue weighted by Crippen LogP contribution is -2.40. The summed E-state index contributed by atoms with van der Waals surface area (Å²) in [5.41, 5.74) is 14.5. The molecule has 1 fully saturated rings. The fourth-order valence-electron chi connectivity index (χ4n) is 3.99. The van der Waals surface area contributed by atoms with E-state index < -0.39 is 0 Å². The number of aromatic nitrogens is 1. The third kappa shape index (κ3) is 3.73. The predicted octanol–water partition coefficient (Wildman–Crippen LogP) is 3.47. The molecule has 5 nitrogen and oxygen atoms in total. The van der Waals surface area contributed by atoms with Crippen LogP contribution >= 0.6 is 0 Å². The Morgan fingerprint density at radius 3 is 2.58 bits per heavy atom. The van der Waals surface area contributed by atoms with E-state index >= 15 is 0 Å². The number of carbonyl (C=O) groups excluding carboxylic acids is 1. The second-order valence-electron chi connectivity index (χ2n) is 7.93. The molecule has 0 radical (unpaired) electrons. The molecular formula is C21H32N4O. The van der Waals surface area contributed by atoms with Gasteiger partial charge in [-0.15, -0.1) is 0 Å². The van der Waals surface area contributed by atoms with Gasteiger partial charge in [0.2, 0.25) is 0 Å². The third-order valence-corrected chi connectivity index (χ3v) is 5.62. The molecule has 4 N–H and O–H groups in total. The van der Waals surface area contributed by atoms with E-state index in [1.807, 2.05) is 23.1 Å². The van der Waals surface area contributed by atoms with Crippen molar-refractivity contribution < 1.29 is 4.79 Å². The van der Waals surface area contributed by atoms with E-state index in [2.05, 4.69) is 24.5 Å². The highest BCUT2D eigenvalue weighted by Crippen LogP contribution is 2.31. The number of nitrogens with two attached hydrogens (primary N) is 2. The molecule has 142 valence electrons. The van der Waals surface area contributed by atoms with E-state index in [4.69, 9.17) is 11.5 Å². The number of piperidine rings is 1. The Morgan fingerprint density at radius 1 is 1.23 bits per heavy atom. The molecule has 1 aromatic heterocycles. The quantitative estimate of drug-likeness (QED) is 0.832. The average Bonchev–Trinajstić information content (AvgIpc) is 2.92. The Bertz CT molecular complexity index is 757. The Hall–Kier alpha value is -2.01. The number of carbonyl (C=O) groups is 1. The normalized spacial score (nSPS) is 15.9.